The average molecular weight is 323 g/mol. The largest absolute Gasteiger partial charge is 0.394 e. The smallest absolute Gasteiger partial charge is 0.315 e. The normalized spacial score (nSPS) is 12.7. The van der Waals surface area contributed by atoms with Gasteiger partial charge in [0.05, 0.1) is 24.8 Å². The Bertz CT molecular complexity index is 668. The summed E-state index contributed by atoms with van der Waals surface area (Å²) in [5, 5.41) is 24.0. The van der Waals surface area contributed by atoms with Gasteiger partial charge in [-0.1, -0.05) is 60.7 Å². The van der Waals surface area contributed by atoms with Crippen molar-refractivity contribution in [2.75, 3.05) is 6.61 Å². The van der Waals surface area contributed by atoms with Crippen molar-refractivity contribution >= 4 is 6.03 Å². The van der Waals surface area contributed by atoms with Crippen molar-refractivity contribution in [1.29, 1.82) is 5.26 Å². The van der Waals surface area contributed by atoms with E-state index in [4.69, 9.17) is 5.26 Å². The molecule has 0 aliphatic rings. The van der Waals surface area contributed by atoms with Crippen LogP contribution in [0.25, 0.3) is 0 Å². The highest BCUT2D eigenvalue weighted by molar-refractivity contribution is 5.75. The average Bonchev–Trinajstić information content (AvgIpc) is 2.64. The van der Waals surface area contributed by atoms with Gasteiger partial charge in [-0.2, -0.15) is 5.26 Å². The van der Waals surface area contributed by atoms with Crippen molar-refractivity contribution in [3.63, 3.8) is 0 Å². The third-order valence-electron chi connectivity index (χ3n) is 3.74. The maximum absolute atomic E-state index is 12.3. The summed E-state index contributed by atoms with van der Waals surface area (Å²) in [5.41, 5.74) is 1.78. The van der Waals surface area contributed by atoms with Crippen LogP contribution < -0.4 is 10.6 Å². The lowest BCUT2D eigenvalue weighted by atomic mass is 10.0. The fraction of sp³-hybridized carbons (Fsp3) is 0.263. The van der Waals surface area contributed by atoms with Gasteiger partial charge in [-0.05, 0) is 17.5 Å². The first-order valence-electron chi connectivity index (χ1n) is 7.89. The van der Waals surface area contributed by atoms with Crippen LogP contribution in [0.15, 0.2) is 60.7 Å². The van der Waals surface area contributed by atoms with Crippen molar-refractivity contribution in [3.05, 3.63) is 71.8 Å². The molecule has 0 bridgehead atoms. The van der Waals surface area contributed by atoms with Gasteiger partial charge >= 0.3 is 6.03 Å². The van der Waals surface area contributed by atoms with Crippen LogP contribution in [0.4, 0.5) is 4.79 Å². The van der Waals surface area contributed by atoms with E-state index in [1.54, 1.807) is 0 Å². The van der Waals surface area contributed by atoms with Crippen LogP contribution in [0.3, 0.4) is 0 Å². The number of nitriles is 1. The molecule has 2 aromatic carbocycles. The highest BCUT2D eigenvalue weighted by Gasteiger charge is 2.17. The summed E-state index contributed by atoms with van der Waals surface area (Å²) in [6.07, 6.45) is 0.880. The molecule has 5 heteroatoms. The summed E-state index contributed by atoms with van der Waals surface area (Å²) in [4.78, 5) is 12.3. The number of hydrogen-bond donors (Lipinski definition) is 3. The van der Waals surface area contributed by atoms with Gasteiger partial charge in [0.25, 0.3) is 0 Å². The standard InChI is InChI=1S/C19H21N3O2/c20-13-7-12-17(15-8-3-1-4-9-15)21-19(24)22-18(14-23)16-10-5-2-6-11-16/h1-6,8-11,17-18,23H,7,12,14H2,(H2,21,22,24). The predicted octanol–water partition coefficient (Wildman–Crippen LogP) is 3.06. The van der Waals surface area contributed by atoms with Crippen molar-refractivity contribution < 1.29 is 9.90 Å². The molecule has 0 aliphatic carbocycles. The van der Waals surface area contributed by atoms with Crippen LogP contribution in [-0.2, 0) is 0 Å². The number of amides is 2. The van der Waals surface area contributed by atoms with Crippen LogP contribution in [0, 0.1) is 11.3 Å². The third kappa shape index (κ3) is 5.11. The fourth-order valence-corrected chi connectivity index (χ4v) is 2.49. The Hall–Kier alpha value is -2.84. The van der Waals surface area contributed by atoms with Crippen LogP contribution in [-0.4, -0.2) is 17.7 Å². The lowest BCUT2D eigenvalue weighted by Gasteiger charge is -2.22. The second-order valence-corrected chi connectivity index (χ2v) is 5.42. The van der Waals surface area contributed by atoms with Gasteiger partial charge in [0, 0.05) is 6.42 Å². The highest BCUT2D eigenvalue weighted by atomic mass is 16.3. The molecule has 0 spiro atoms. The van der Waals surface area contributed by atoms with Gasteiger partial charge in [-0.15, -0.1) is 0 Å². The lowest BCUT2D eigenvalue weighted by molar-refractivity contribution is 0.213. The molecule has 2 unspecified atom stereocenters. The summed E-state index contributed by atoms with van der Waals surface area (Å²) in [6.45, 7) is -0.189. The minimum absolute atomic E-state index is 0.189. The fourth-order valence-electron chi connectivity index (χ4n) is 2.49. The van der Waals surface area contributed by atoms with E-state index in [2.05, 4.69) is 16.7 Å². The van der Waals surface area contributed by atoms with Gasteiger partial charge in [-0.3, -0.25) is 0 Å². The molecular formula is C19H21N3O2. The first-order chi connectivity index (χ1) is 11.7. The van der Waals surface area contributed by atoms with Crippen molar-refractivity contribution in [2.45, 2.75) is 24.9 Å². The molecule has 0 saturated heterocycles. The van der Waals surface area contributed by atoms with E-state index in [0.29, 0.717) is 12.8 Å². The number of hydrogen-bond acceptors (Lipinski definition) is 3. The summed E-state index contributed by atoms with van der Waals surface area (Å²) in [5.74, 6) is 0. The molecule has 2 atom stereocenters. The number of aliphatic hydroxyl groups is 1. The van der Waals surface area contributed by atoms with Crippen molar-refractivity contribution in [3.8, 4) is 6.07 Å². The zero-order chi connectivity index (χ0) is 17.2. The van der Waals surface area contributed by atoms with Crippen LogP contribution >= 0.6 is 0 Å². The van der Waals surface area contributed by atoms with E-state index in [1.165, 1.54) is 0 Å². The van der Waals surface area contributed by atoms with Gasteiger partial charge in [-0.25, -0.2) is 4.79 Å². The molecule has 2 aromatic rings. The van der Waals surface area contributed by atoms with E-state index in [1.807, 2.05) is 60.7 Å². The zero-order valence-corrected chi connectivity index (χ0v) is 13.4. The van der Waals surface area contributed by atoms with E-state index in [0.717, 1.165) is 11.1 Å². The maximum Gasteiger partial charge on any atom is 0.315 e. The van der Waals surface area contributed by atoms with Gasteiger partial charge in [0.1, 0.15) is 0 Å². The second-order valence-electron chi connectivity index (χ2n) is 5.42. The van der Waals surface area contributed by atoms with Crippen molar-refractivity contribution in [2.24, 2.45) is 0 Å². The summed E-state index contributed by atoms with van der Waals surface area (Å²) >= 11 is 0. The SMILES string of the molecule is N#CCCC(NC(=O)NC(CO)c1ccccc1)c1ccccc1. The first kappa shape index (κ1) is 17.5. The summed E-state index contributed by atoms with van der Waals surface area (Å²) in [7, 11) is 0. The Labute approximate surface area is 141 Å². The molecule has 0 heterocycles. The van der Waals surface area contributed by atoms with Gasteiger partial charge < -0.3 is 15.7 Å². The van der Waals surface area contributed by atoms with E-state index >= 15 is 0 Å². The second kappa shape index (κ2) is 9.33. The molecule has 24 heavy (non-hydrogen) atoms. The molecule has 5 nitrogen and oxygen atoms in total. The van der Waals surface area contributed by atoms with Crippen LogP contribution in [0.2, 0.25) is 0 Å². The maximum atomic E-state index is 12.3. The zero-order valence-electron chi connectivity index (χ0n) is 13.4. The lowest BCUT2D eigenvalue weighted by Crippen LogP contribution is -2.41. The number of aliphatic hydroxyl groups excluding tert-OH is 1. The molecule has 0 aliphatic heterocycles. The monoisotopic (exact) mass is 323 g/mol. The summed E-state index contributed by atoms with van der Waals surface area (Å²) in [6, 6.07) is 19.9. The molecule has 124 valence electrons. The number of carbonyl (C=O) groups excluding carboxylic acids is 1. The highest BCUT2D eigenvalue weighted by Crippen LogP contribution is 2.18. The number of benzene rings is 2. The molecule has 3 N–H and O–H groups in total. The van der Waals surface area contributed by atoms with E-state index < -0.39 is 6.04 Å². The molecule has 0 radical (unpaired) electrons. The number of nitrogens with one attached hydrogen (secondary N) is 2. The van der Waals surface area contributed by atoms with E-state index in [9.17, 15) is 9.90 Å². The first-order valence-corrected chi connectivity index (χ1v) is 7.89. The van der Waals surface area contributed by atoms with Gasteiger partial charge in [0.2, 0.25) is 0 Å². The minimum Gasteiger partial charge on any atom is -0.394 e. The number of carbonyl (C=O) groups is 1. The Morgan fingerprint density at radius 3 is 1.96 bits per heavy atom. The Balaban J connectivity index is 2.03. The van der Waals surface area contributed by atoms with Crippen molar-refractivity contribution in [1.82, 2.24) is 10.6 Å². The minimum atomic E-state index is -0.474. The van der Waals surface area contributed by atoms with Crippen LogP contribution in [0.1, 0.15) is 36.1 Å². The summed E-state index contributed by atoms with van der Waals surface area (Å²) < 4.78 is 0. The molecule has 0 aromatic heterocycles. The topological polar surface area (TPSA) is 85.2 Å². The third-order valence-corrected chi connectivity index (χ3v) is 3.74. The Kier molecular flexibility index (Phi) is 6.81. The van der Waals surface area contributed by atoms with Crippen LogP contribution in [0.5, 0.6) is 0 Å². The van der Waals surface area contributed by atoms with Gasteiger partial charge in [0.15, 0.2) is 0 Å². The van der Waals surface area contributed by atoms with E-state index in [-0.39, 0.29) is 18.7 Å². The Morgan fingerprint density at radius 2 is 1.46 bits per heavy atom. The quantitative estimate of drug-likeness (QED) is 0.732. The number of urea groups is 1. The Morgan fingerprint density at radius 1 is 0.958 bits per heavy atom. The number of rotatable bonds is 7. The molecule has 2 rings (SSSR count). The molecule has 0 saturated carbocycles. The molecule has 2 amide bonds. The predicted molar refractivity (Wildman–Crippen MR) is 92.0 cm³/mol. The number of nitrogens with zero attached hydrogens (tertiary/aromatic N) is 1. The molecular weight excluding hydrogens is 302 g/mol. The molecule has 0 fully saturated rings.